The van der Waals surface area contributed by atoms with Crippen molar-refractivity contribution in [3.8, 4) is 0 Å². The zero-order chi connectivity index (χ0) is 14.9. The third-order valence-corrected chi connectivity index (χ3v) is 5.01. The topological polar surface area (TPSA) is 53.4 Å². The summed E-state index contributed by atoms with van der Waals surface area (Å²) < 4.78 is 0. The molecule has 0 aromatic carbocycles. The number of carboxylic acid groups (broad SMARTS) is 1. The summed E-state index contributed by atoms with van der Waals surface area (Å²) in [6.45, 7) is 7.01. The van der Waals surface area contributed by atoms with E-state index >= 15 is 0 Å². The normalized spacial score (nSPS) is 16.6. The summed E-state index contributed by atoms with van der Waals surface area (Å²) in [4.78, 5) is 18.5. The van der Waals surface area contributed by atoms with Gasteiger partial charge in [0.25, 0.3) is 0 Å². The Hall–Kier alpha value is -1.10. The van der Waals surface area contributed by atoms with Crippen molar-refractivity contribution in [2.75, 3.05) is 18.5 Å². The molecule has 0 aliphatic heterocycles. The smallest absolute Gasteiger partial charge is 0.347 e. The zero-order valence-electron chi connectivity index (χ0n) is 12.8. The molecule has 1 aliphatic rings. The average molecular weight is 296 g/mol. The lowest BCUT2D eigenvalue weighted by atomic mass is 9.91. The molecule has 1 fully saturated rings. The van der Waals surface area contributed by atoms with E-state index in [0.29, 0.717) is 10.6 Å². The van der Waals surface area contributed by atoms with Crippen molar-refractivity contribution in [1.82, 2.24) is 4.98 Å². The van der Waals surface area contributed by atoms with E-state index in [-0.39, 0.29) is 5.41 Å². The standard InChI is InChI=1S/C15H24N2O2S/c1-15(2,3)12-11(13(18)19)20-14(16-12)17(4)9-10-7-5-6-8-10/h10H,5-9H2,1-4H3,(H,18,19). The molecule has 0 amide bonds. The van der Waals surface area contributed by atoms with Gasteiger partial charge in [-0.3, -0.25) is 0 Å². The first kappa shape index (κ1) is 15.3. The fraction of sp³-hybridized carbons (Fsp3) is 0.733. The first-order chi connectivity index (χ1) is 9.29. The van der Waals surface area contributed by atoms with E-state index in [9.17, 15) is 9.90 Å². The lowest BCUT2D eigenvalue weighted by Crippen LogP contribution is -2.24. The Morgan fingerprint density at radius 2 is 2.00 bits per heavy atom. The van der Waals surface area contributed by atoms with Crippen LogP contribution in [0.1, 0.15) is 61.8 Å². The summed E-state index contributed by atoms with van der Waals surface area (Å²) in [6.07, 6.45) is 5.22. The quantitative estimate of drug-likeness (QED) is 0.919. The fourth-order valence-electron chi connectivity index (χ4n) is 2.78. The van der Waals surface area contributed by atoms with Crippen LogP contribution in [0, 0.1) is 5.92 Å². The summed E-state index contributed by atoms with van der Waals surface area (Å²) in [7, 11) is 2.02. The maximum absolute atomic E-state index is 11.4. The lowest BCUT2D eigenvalue weighted by molar-refractivity contribution is 0.0699. The highest BCUT2D eigenvalue weighted by Gasteiger charge is 2.28. The Labute approximate surface area is 124 Å². The predicted octanol–water partition coefficient (Wildman–Crippen LogP) is 3.77. The second kappa shape index (κ2) is 5.72. The van der Waals surface area contributed by atoms with Gasteiger partial charge in [0.05, 0.1) is 5.69 Å². The number of carboxylic acids is 1. The van der Waals surface area contributed by atoms with Crippen LogP contribution in [-0.4, -0.2) is 29.7 Å². The average Bonchev–Trinajstić information content (AvgIpc) is 2.95. The third-order valence-electron chi connectivity index (χ3n) is 3.85. The van der Waals surface area contributed by atoms with Crippen LogP contribution >= 0.6 is 11.3 Å². The van der Waals surface area contributed by atoms with Gasteiger partial charge in [-0.1, -0.05) is 44.9 Å². The molecule has 4 nitrogen and oxygen atoms in total. The predicted molar refractivity (Wildman–Crippen MR) is 83.0 cm³/mol. The van der Waals surface area contributed by atoms with Crippen LogP contribution in [0.3, 0.4) is 0 Å². The number of thiazole rings is 1. The van der Waals surface area contributed by atoms with Crippen LogP contribution < -0.4 is 4.90 Å². The van der Waals surface area contributed by atoms with Crippen LogP contribution in [0.25, 0.3) is 0 Å². The highest BCUT2D eigenvalue weighted by molar-refractivity contribution is 7.17. The SMILES string of the molecule is CN(CC1CCCC1)c1nc(C(C)(C)C)c(C(=O)O)s1. The molecule has 2 rings (SSSR count). The van der Waals surface area contributed by atoms with Gasteiger partial charge in [0, 0.05) is 19.0 Å². The van der Waals surface area contributed by atoms with E-state index in [1.165, 1.54) is 37.0 Å². The number of aromatic carboxylic acids is 1. The number of carbonyl (C=O) groups is 1. The number of hydrogen-bond donors (Lipinski definition) is 1. The van der Waals surface area contributed by atoms with Gasteiger partial charge in [-0.2, -0.15) is 0 Å². The van der Waals surface area contributed by atoms with Crippen molar-refractivity contribution in [3.05, 3.63) is 10.6 Å². The molecular weight excluding hydrogens is 272 g/mol. The summed E-state index contributed by atoms with van der Waals surface area (Å²) in [5.74, 6) is -0.136. The van der Waals surface area contributed by atoms with E-state index in [1.54, 1.807) is 0 Å². The van der Waals surface area contributed by atoms with E-state index in [4.69, 9.17) is 0 Å². The van der Waals surface area contributed by atoms with Crippen molar-refractivity contribution in [2.45, 2.75) is 51.9 Å². The third kappa shape index (κ3) is 3.32. The van der Waals surface area contributed by atoms with Gasteiger partial charge in [0.15, 0.2) is 5.13 Å². The number of rotatable bonds is 4. The van der Waals surface area contributed by atoms with Crippen LogP contribution in [0.15, 0.2) is 0 Å². The van der Waals surface area contributed by atoms with Crippen LogP contribution in [-0.2, 0) is 5.41 Å². The zero-order valence-corrected chi connectivity index (χ0v) is 13.6. The molecule has 1 aromatic heterocycles. The number of hydrogen-bond acceptors (Lipinski definition) is 4. The minimum Gasteiger partial charge on any atom is -0.477 e. The molecule has 0 unspecified atom stereocenters. The monoisotopic (exact) mass is 296 g/mol. The van der Waals surface area contributed by atoms with E-state index in [0.717, 1.165) is 17.6 Å². The maximum atomic E-state index is 11.4. The number of aromatic nitrogens is 1. The van der Waals surface area contributed by atoms with Crippen molar-refractivity contribution >= 4 is 22.4 Å². The fourth-order valence-corrected chi connectivity index (χ4v) is 3.87. The molecule has 112 valence electrons. The van der Waals surface area contributed by atoms with Gasteiger partial charge in [-0.15, -0.1) is 0 Å². The first-order valence-electron chi connectivity index (χ1n) is 7.24. The molecule has 5 heteroatoms. The van der Waals surface area contributed by atoms with Gasteiger partial charge >= 0.3 is 5.97 Å². The Morgan fingerprint density at radius 3 is 2.45 bits per heavy atom. The van der Waals surface area contributed by atoms with Crippen molar-refractivity contribution in [2.24, 2.45) is 5.92 Å². The van der Waals surface area contributed by atoms with Crippen molar-refractivity contribution in [1.29, 1.82) is 0 Å². The summed E-state index contributed by atoms with van der Waals surface area (Å²) >= 11 is 1.30. The van der Waals surface area contributed by atoms with Gasteiger partial charge in [0.1, 0.15) is 4.88 Å². The molecule has 1 aliphatic carbocycles. The molecule has 1 aromatic rings. The van der Waals surface area contributed by atoms with Gasteiger partial charge in [0.2, 0.25) is 0 Å². The summed E-state index contributed by atoms with van der Waals surface area (Å²) in [5, 5.41) is 10.2. The second-order valence-corrected chi connectivity index (χ2v) is 7.74. The van der Waals surface area contributed by atoms with Gasteiger partial charge < -0.3 is 10.0 Å². The molecule has 20 heavy (non-hydrogen) atoms. The Balaban J connectivity index is 2.21. The molecule has 1 saturated carbocycles. The number of anilines is 1. The largest absolute Gasteiger partial charge is 0.477 e. The number of nitrogens with zero attached hydrogens (tertiary/aromatic N) is 2. The molecule has 0 atom stereocenters. The lowest BCUT2D eigenvalue weighted by Gasteiger charge is -2.20. The van der Waals surface area contributed by atoms with E-state index in [2.05, 4.69) is 9.88 Å². The molecule has 0 radical (unpaired) electrons. The Kier molecular flexibility index (Phi) is 4.37. The first-order valence-corrected chi connectivity index (χ1v) is 8.06. The Bertz CT molecular complexity index is 485. The van der Waals surface area contributed by atoms with Crippen molar-refractivity contribution < 1.29 is 9.90 Å². The molecule has 0 bridgehead atoms. The van der Waals surface area contributed by atoms with E-state index < -0.39 is 5.97 Å². The van der Waals surface area contributed by atoms with E-state index in [1.807, 2.05) is 27.8 Å². The minimum absolute atomic E-state index is 0.239. The highest BCUT2D eigenvalue weighted by atomic mass is 32.1. The summed E-state index contributed by atoms with van der Waals surface area (Å²) in [6, 6.07) is 0. The molecule has 0 saturated heterocycles. The molecule has 1 heterocycles. The van der Waals surface area contributed by atoms with Gasteiger partial charge in [-0.25, -0.2) is 9.78 Å². The minimum atomic E-state index is -0.868. The van der Waals surface area contributed by atoms with Crippen LogP contribution in [0.5, 0.6) is 0 Å². The second-order valence-electron chi connectivity index (χ2n) is 6.76. The van der Waals surface area contributed by atoms with Crippen molar-refractivity contribution in [3.63, 3.8) is 0 Å². The maximum Gasteiger partial charge on any atom is 0.347 e. The van der Waals surface area contributed by atoms with Crippen LogP contribution in [0.2, 0.25) is 0 Å². The highest BCUT2D eigenvalue weighted by Crippen LogP contribution is 2.34. The van der Waals surface area contributed by atoms with Crippen LogP contribution in [0.4, 0.5) is 5.13 Å². The Morgan fingerprint density at radius 1 is 1.40 bits per heavy atom. The van der Waals surface area contributed by atoms with Gasteiger partial charge in [-0.05, 0) is 18.8 Å². The molecular formula is C15H24N2O2S. The molecule has 0 spiro atoms. The molecule has 1 N–H and O–H groups in total. The summed E-state index contributed by atoms with van der Waals surface area (Å²) in [5.41, 5.74) is 0.458.